The second kappa shape index (κ2) is 7.92. The predicted octanol–water partition coefficient (Wildman–Crippen LogP) is 4.95. The molecule has 0 spiro atoms. The van der Waals surface area contributed by atoms with Crippen LogP contribution in [0.2, 0.25) is 0 Å². The molecule has 2 aromatic carbocycles. The molecule has 1 aliphatic heterocycles. The Labute approximate surface area is 179 Å². The number of para-hydroxylation sites is 2. The number of phenols is 1. The first-order valence-electron chi connectivity index (χ1n) is 10.4. The number of nitrogens with zero attached hydrogens (tertiary/aromatic N) is 2. The maximum absolute atomic E-state index is 11.1. The van der Waals surface area contributed by atoms with Gasteiger partial charge in [-0.1, -0.05) is 24.6 Å². The van der Waals surface area contributed by atoms with Gasteiger partial charge in [0, 0.05) is 5.56 Å². The first kappa shape index (κ1) is 19.4. The van der Waals surface area contributed by atoms with Crippen molar-refractivity contribution in [1.82, 2.24) is 14.9 Å². The maximum Gasteiger partial charge on any atom is 0.339 e. The fourth-order valence-electron chi connectivity index (χ4n) is 4.30. The summed E-state index contributed by atoms with van der Waals surface area (Å²) in [6, 6.07) is 16.5. The topological polar surface area (TPSA) is 103 Å². The van der Waals surface area contributed by atoms with Gasteiger partial charge in [-0.2, -0.15) is 0 Å². The number of H-pyrrole nitrogens is 1. The Bertz CT molecular complexity index is 1210. The van der Waals surface area contributed by atoms with Crippen LogP contribution in [0, 0.1) is 0 Å². The van der Waals surface area contributed by atoms with Crippen LogP contribution in [0.25, 0.3) is 22.4 Å². The Morgan fingerprint density at radius 3 is 2.84 bits per heavy atom. The van der Waals surface area contributed by atoms with E-state index in [0.29, 0.717) is 17.9 Å². The number of furan rings is 1. The van der Waals surface area contributed by atoms with Crippen molar-refractivity contribution >= 4 is 17.0 Å². The molecule has 0 aliphatic carbocycles. The van der Waals surface area contributed by atoms with Crippen molar-refractivity contribution in [3.63, 3.8) is 0 Å². The number of aromatic carboxylic acids is 1. The number of hydrogen-bond acceptors (Lipinski definition) is 5. The number of fused-ring (bicyclic) bond motifs is 1. The summed E-state index contributed by atoms with van der Waals surface area (Å²) < 4.78 is 6.04. The highest BCUT2D eigenvalue weighted by atomic mass is 16.4. The average molecular weight is 417 g/mol. The van der Waals surface area contributed by atoms with Crippen molar-refractivity contribution in [3.8, 4) is 17.1 Å². The number of rotatable bonds is 5. The molecule has 0 amide bonds. The predicted molar refractivity (Wildman–Crippen MR) is 116 cm³/mol. The van der Waals surface area contributed by atoms with Gasteiger partial charge in [-0.25, -0.2) is 9.78 Å². The van der Waals surface area contributed by atoms with Gasteiger partial charge >= 0.3 is 5.97 Å². The molecule has 4 aromatic rings. The first-order chi connectivity index (χ1) is 15.1. The van der Waals surface area contributed by atoms with Crippen molar-refractivity contribution in [3.05, 3.63) is 71.7 Å². The largest absolute Gasteiger partial charge is 0.507 e. The van der Waals surface area contributed by atoms with Crippen LogP contribution in [0.15, 0.2) is 59.0 Å². The van der Waals surface area contributed by atoms with Gasteiger partial charge in [-0.3, -0.25) is 4.90 Å². The van der Waals surface area contributed by atoms with Gasteiger partial charge in [0.05, 0.1) is 23.6 Å². The second-order valence-corrected chi connectivity index (χ2v) is 7.92. The molecule has 1 atom stereocenters. The fourth-order valence-corrected chi connectivity index (χ4v) is 4.30. The number of carbonyl (C=O) groups is 1. The van der Waals surface area contributed by atoms with Crippen molar-refractivity contribution in [2.24, 2.45) is 0 Å². The second-order valence-electron chi connectivity index (χ2n) is 7.92. The zero-order valence-electron chi connectivity index (χ0n) is 16.9. The summed E-state index contributed by atoms with van der Waals surface area (Å²) in [7, 11) is 0. The van der Waals surface area contributed by atoms with Gasteiger partial charge in [0.2, 0.25) is 0 Å². The highest BCUT2D eigenvalue weighted by Gasteiger charge is 2.27. The molecule has 1 fully saturated rings. The lowest BCUT2D eigenvalue weighted by atomic mass is 10.0. The first-order valence-corrected chi connectivity index (χ1v) is 10.4. The fraction of sp³-hybridized carbons (Fsp3) is 0.250. The Balaban J connectivity index is 1.37. The molecule has 1 saturated heterocycles. The number of carboxylic acids is 1. The maximum atomic E-state index is 11.1. The Morgan fingerprint density at radius 1 is 1.16 bits per heavy atom. The third-order valence-corrected chi connectivity index (χ3v) is 5.87. The molecule has 1 aliphatic rings. The smallest absolute Gasteiger partial charge is 0.339 e. The molecule has 0 saturated carbocycles. The molecule has 3 heterocycles. The molecule has 0 radical (unpaired) electrons. The summed E-state index contributed by atoms with van der Waals surface area (Å²) in [5, 5.41) is 19.1. The number of carboxylic acid groups (broad SMARTS) is 1. The Morgan fingerprint density at radius 2 is 2.03 bits per heavy atom. The van der Waals surface area contributed by atoms with E-state index >= 15 is 0 Å². The van der Waals surface area contributed by atoms with E-state index in [2.05, 4.69) is 9.88 Å². The summed E-state index contributed by atoms with van der Waals surface area (Å²) >= 11 is 0. The highest BCUT2D eigenvalue weighted by molar-refractivity contribution is 5.91. The van der Waals surface area contributed by atoms with Crippen LogP contribution in [0.5, 0.6) is 5.75 Å². The molecule has 0 bridgehead atoms. The van der Waals surface area contributed by atoms with E-state index in [1.165, 1.54) is 12.1 Å². The number of piperidine rings is 1. The lowest BCUT2D eigenvalue weighted by molar-refractivity contribution is 0.0693. The summed E-state index contributed by atoms with van der Waals surface area (Å²) in [4.78, 5) is 21.8. The van der Waals surface area contributed by atoms with E-state index < -0.39 is 5.97 Å². The minimum Gasteiger partial charge on any atom is -0.507 e. The summed E-state index contributed by atoms with van der Waals surface area (Å²) in [5.41, 5.74) is 2.54. The number of aromatic hydroxyl groups is 1. The van der Waals surface area contributed by atoms with Crippen LogP contribution in [0.4, 0.5) is 0 Å². The number of imidazole rings is 1. The quantitative estimate of drug-likeness (QED) is 0.424. The van der Waals surface area contributed by atoms with Crippen molar-refractivity contribution in [2.75, 3.05) is 6.54 Å². The SMILES string of the molecule is O=C(O)c1ccc(-c2ccc(CN3CCCCC3c3nc4ccccc4[nH]3)o2)cc1O. The van der Waals surface area contributed by atoms with Gasteiger partial charge in [-0.15, -0.1) is 0 Å². The van der Waals surface area contributed by atoms with Crippen LogP contribution in [0.3, 0.4) is 0 Å². The monoisotopic (exact) mass is 417 g/mol. The third kappa shape index (κ3) is 3.80. The van der Waals surface area contributed by atoms with Gasteiger partial charge in [-0.05, 0) is 55.8 Å². The van der Waals surface area contributed by atoms with E-state index in [1.807, 2.05) is 36.4 Å². The molecule has 158 valence electrons. The molecule has 3 N–H and O–H groups in total. The molecular formula is C24H23N3O4. The van der Waals surface area contributed by atoms with Crippen molar-refractivity contribution in [2.45, 2.75) is 31.8 Å². The van der Waals surface area contributed by atoms with E-state index in [1.54, 1.807) is 6.07 Å². The molecule has 1 unspecified atom stereocenters. The van der Waals surface area contributed by atoms with Crippen molar-refractivity contribution in [1.29, 1.82) is 0 Å². The molecule has 5 rings (SSSR count). The molecule has 7 nitrogen and oxygen atoms in total. The number of hydrogen-bond donors (Lipinski definition) is 3. The molecule has 2 aromatic heterocycles. The van der Waals surface area contributed by atoms with E-state index in [9.17, 15) is 9.90 Å². The third-order valence-electron chi connectivity index (χ3n) is 5.87. The van der Waals surface area contributed by atoms with Crippen LogP contribution < -0.4 is 0 Å². The van der Waals surface area contributed by atoms with Gasteiger partial charge in [0.25, 0.3) is 0 Å². The zero-order valence-corrected chi connectivity index (χ0v) is 16.9. The number of likely N-dealkylation sites (tertiary alicyclic amines) is 1. The van der Waals surface area contributed by atoms with E-state index in [-0.39, 0.29) is 17.4 Å². The lowest BCUT2D eigenvalue weighted by Crippen LogP contribution is -2.33. The van der Waals surface area contributed by atoms with E-state index in [0.717, 1.165) is 48.4 Å². The number of benzene rings is 2. The average Bonchev–Trinajstić information content (AvgIpc) is 3.41. The number of nitrogens with one attached hydrogen (secondary N) is 1. The number of aromatic amines is 1. The van der Waals surface area contributed by atoms with Crippen LogP contribution >= 0.6 is 0 Å². The summed E-state index contributed by atoms with van der Waals surface area (Å²) in [5.74, 6) is 0.969. The van der Waals surface area contributed by atoms with Gasteiger partial charge in [0.15, 0.2) is 0 Å². The highest BCUT2D eigenvalue weighted by Crippen LogP contribution is 2.33. The normalized spacial score (nSPS) is 17.2. The van der Waals surface area contributed by atoms with Crippen LogP contribution in [-0.4, -0.2) is 37.6 Å². The van der Waals surface area contributed by atoms with Gasteiger partial charge in [0.1, 0.15) is 28.7 Å². The Hall–Kier alpha value is -3.58. The summed E-state index contributed by atoms with van der Waals surface area (Å²) in [6.45, 7) is 1.62. The molecule has 31 heavy (non-hydrogen) atoms. The van der Waals surface area contributed by atoms with Gasteiger partial charge < -0.3 is 19.6 Å². The Kier molecular flexibility index (Phi) is 4.95. The van der Waals surface area contributed by atoms with Crippen molar-refractivity contribution < 1.29 is 19.4 Å². The molecule has 7 heteroatoms. The lowest BCUT2D eigenvalue weighted by Gasteiger charge is -2.33. The number of aromatic nitrogens is 2. The minimum absolute atomic E-state index is 0.127. The molecular weight excluding hydrogens is 394 g/mol. The van der Waals surface area contributed by atoms with E-state index in [4.69, 9.17) is 14.5 Å². The van der Waals surface area contributed by atoms with Crippen LogP contribution in [0.1, 0.15) is 47.2 Å². The minimum atomic E-state index is -1.16. The summed E-state index contributed by atoms with van der Waals surface area (Å²) in [6.07, 6.45) is 3.34. The van der Waals surface area contributed by atoms with Crippen LogP contribution in [-0.2, 0) is 6.54 Å². The standard InChI is InChI=1S/C24H23N3O4/c28-21-13-15(8-10-17(21)24(29)30)22-11-9-16(31-22)14-27-12-4-3-7-20(27)23-25-18-5-1-2-6-19(18)26-23/h1-2,5-6,8-11,13,20,28H,3-4,7,12,14H2,(H,25,26)(H,29,30). The zero-order chi connectivity index (χ0) is 21.4.